The Hall–Kier alpha value is -1.88. The molecule has 4 nitrogen and oxygen atoms in total. The van der Waals surface area contributed by atoms with Crippen molar-refractivity contribution in [2.24, 2.45) is 0 Å². The van der Waals surface area contributed by atoms with Crippen LogP contribution in [0.4, 0.5) is 11.4 Å². The van der Waals surface area contributed by atoms with E-state index in [9.17, 15) is 10.1 Å². The first-order valence-electron chi connectivity index (χ1n) is 6.25. The highest BCUT2D eigenvalue weighted by Gasteiger charge is 2.18. The molecular weight excluding hydrogens is 320 g/mol. The van der Waals surface area contributed by atoms with Gasteiger partial charge in [0.15, 0.2) is 0 Å². The summed E-state index contributed by atoms with van der Waals surface area (Å²) in [6.45, 7) is 3.93. The van der Waals surface area contributed by atoms with E-state index < -0.39 is 0 Å². The van der Waals surface area contributed by atoms with Gasteiger partial charge in [0.25, 0.3) is 5.69 Å². The number of nitrogens with zero attached hydrogens (tertiary/aromatic N) is 1. The van der Waals surface area contributed by atoms with E-state index in [0.29, 0.717) is 5.56 Å². The summed E-state index contributed by atoms with van der Waals surface area (Å²) in [6, 6.07) is 12.6. The molecule has 2 aromatic rings. The Bertz CT molecular complexity index is 644. The van der Waals surface area contributed by atoms with Crippen molar-refractivity contribution in [3.8, 4) is 0 Å². The summed E-state index contributed by atoms with van der Waals surface area (Å²) in [7, 11) is 0. The summed E-state index contributed by atoms with van der Waals surface area (Å²) in [4.78, 5) is 10.7. The fourth-order valence-corrected chi connectivity index (χ4v) is 2.68. The van der Waals surface area contributed by atoms with Gasteiger partial charge in [0.05, 0.1) is 16.5 Å². The number of anilines is 1. The van der Waals surface area contributed by atoms with Gasteiger partial charge in [-0.25, -0.2) is 0 Å². The summed E-state index contributed by atoms with van der Waals surface area (Å²) in [6.07, 6.45) is 0. The Kier molecular flexibility index (Phi) is 4.39. The fourth-order valence-electron chi connectivity index (χ4n) is 2.07. The van der Waals surface area contributed by atoms with Gasteiger partial charge in [-0.15, -0.1) is 0 Å². The van der Waals surface area contributed by atoms with Gasteiger partial charge >= 0.3 is 0 Å². The summed E-state index contributed by atoms with van der Waals surface area (Å²) in [5.74, 6) is 0. The molecular formula is C15H15BrN2O2. The molecule has 1 atom stereocenters. The van der Waals surface area contributed by atoms with Crippen molar-refractivity contribution >= 4 is 27.3 Å². The SMILES string of the molecule is Cc1ccc(NC(C)c2ccccc2[N+](=O)[O-])c(Br)c1. The van der Waals surface area contributed by atoms with Crippen LogP contribution in [-0.2, 0) is 0 Å². The minimum atomic E-state index is -0.350. The summed E-state index contributed by atoms with van der Waals surface area (Å²) < 4.78 is 0.947. The van der Waals surface area contributed by atoms with Crippen molar-refractivity contribution in [1.29, 1.82) is 0 Å². The van der Waals surface area contributed by atoms with Crippen molar-refractivity contribution in [2.75, 3.05) is 5.32 Å². The molecule has 0 fully saturated rings. The first kappa shape index (κ1) is 14.5. The monoisotopic (exact) mass is 334 g/mol. The van der Waals surface area contributed by atoms with Crippen LogP contribution in [-0.4, -0.2) is 4.92 Å². The molecule has 0 spiro atoms. The van der Waals surface area contributed by atoms with Crippen LogP contribution in [0.25, 0.3) is 0 Å². The van der Waals surface area contributed by atoms with Crippen molar-refractivity contribution < 1.29 is 4.92 Å². The molecule has 0 saturated heterocycles. The third-order valence-electron chi connectivity index (χ3n) is 3.10. The van der Waals surface area contributed by atoms with Crippen molar-refractivity contribution in [3.05, 3.63) is 68.2 Å². The van der Waals surface area contributed by atoms with E-state index in [0.717, 1.165) is 15.7 Å². The molecule has 0 bridgehead atoms. The molecule has 104 valence electrons. The number of para-hydroxylation sites is 1. The number of nitrogens with one attached hydrogen (secondary N) is 1. The molecule has 0 aliphatic rings. The van der Waals surface area contributed by atoms with Gasteiger partial charge < -0.3 is 5.32 Å². The van der Waals surface area contributed by atoms with Gasteiger partial charge in [-0.3, -0.25) is 10.1 Å². The highest BCUT2D eigenvalue weighted by Crippen LogP contribution is 2.30. The largest absolute Gasteiger partial charge is 0.377 e. The van der Waals surface area contributed by atoms with E-state index in [4.69, 9.17) is 0 Å². The van der Waals surface area contributed by atoms with Crippen LogP contribution >= 0.6 is 15.9 Å². The molecule has 2 aromatic carbocycles. The predicted octanol–water partition coefficient (Wildman–Crippen LogP) is 4.84. The first-order valence-corrected chi connectivity index (χ1v) is 7.04. The standard InChI is InChI=1S/C15H15BrN2O2/c1-10-7-8-14(13(16)9-10)17-11(2)12-5-3-4-6-15(12)18(19)20/h3-9,11,17H,1-2H3. The van der Waals surface area contributed by atoms with Crippen LogP contribution < -0.4 is 5.32 Å². The minimum Gasteiger partial charge on any atom is -0.377 e. The van der Waals surface area contributed by atoms with E-state index in [1.165, 1.54) is 6.07 Å². The Morgan fingerprint density at radius 2 is 1.95 bits per heavy atom. The Morgan fingerprint density at radius 3 is 2.60 bits per heavy atom. The van der Waals surface area contributed by atoms with Gasteiger partial charge in [-0.05, 0) is 47.5 Å². The number of nitro benzene ring substituents is 1. The first-order chi connectivity index (χ1) is 9.49. The molecule has 0 saturated carbocycles. The maximum Gasteiger partial charge on any atom is 0.274 e. The van der Waals surface area contributed by atoms with E-state index >= 15 is 0 Å². The van der Waals surface area contributed by atoms with Gasteiger partial charge in [0.2, 0.25) is 0 Å². The lowest BCUT2D eigenvalue weighted by atomic mass is 10.1. The van der Waals surface area contributed by atoms with Crippen LogP contribution in [0.1, 0.15) is 24.1 Å². The number of halogens is 1. The second-order valence-corrected chi connectivity index (χ2v) is 5.52. The van der Waals surface area contributed by atoms with Crippen molar-refractivity contribution in [1.82, 2.24) is 0 Å². The van der Waals surface area contributed by atoms with E-state index in [-0.39, 0.29) is 16.7 Å². The predicted molar refractivity (Wildman–Crippen MR) is 84.0 cm³/mol. The van der Waals surface area contributed by atoms with Gasteiger partial charge in [-0.2, -0.15) is 0 Å². The number of nitro groups is 1. The molecule has 0 radical (unpaired) electrons. The fraction of sp³-hybridized carbons (Fsp3) is 0.200. The molecule has 0 aromatic heterocycles. The molecule has 20 heavy (non-hydrogen) atoms. The Labute approximate surface area is 126 Å². The Morgan fingerprint density at radius 1 is 1.25 bits per heavy atom. The number of hydrogen-bond donors (Lipinski definition) is 1. The van der Waals surface area contributed by atoms with Crippen LogP contribution in [0.15, 0.2) is 46.9 Å². The molecule has 0 aliphatic carbocycles. The molecule has 0 aliphatic heterocycles. The molecule has 1 unspecified atom stereocenters. The number of rotatable bonds is 4. The second-order valence-electron chi connectivity index (χ2n) is 4.67. The van der Waals surface area contributed by atoms with Crippen LogP contribution in [0, 0.1) is 17.0 Å². The lowest BCUT2D eigenvalue weighted by Gasteiger charge is -2.17. The highest BCUT2D eigenvalue weighted by molar-refractivity contribution is 9.10. The highest BCUT2D eigenvalue weighted by atomic mass is 79.9. The molecule has 0 amide bonds. The summed E-state index contributed by atoms with van der Waals surface area (Å²) in [5, 5.41) is 14.4. The zero-order chi connectivity index (χ0) is 14.7. The quantitative estimate of drug-likeness (QED) is 0.642. The van der Waals surface area contributed by atoms with E-state index in [1.807, 2.05) is 38.1 Å². The maximum atomic E-state index is 11.1. The summed E-state index contributed by atoms with van der Waals surface area (Å²) >= 11 is 3.50. The number of hydrogen-bond acceptors (Lipinski definition) is 3. The Balaban J connectivity index is 2.28. The van der Waals surface area contributed by atoms with Crippen LogP contribution in [0.3, 0.4) is 0 Å². The lowest BCUT2D eigenvalue weighted by Crippen LogP contribution is -2.09. The summed E-state index contributed by atoms with van der Waals surface area (Å²) in [5.41, 5.74) is 2.88. The van der Waals surface area contributed by atoms with E-state index in [2.05, 4.69) is 21.2 Å². The third kappa shape index (κ3) is 3.17. The minimum absolute atomic E-state index is 0.135. The topological polar surface area (TPSA) is 55.2 Å². The zero-order valence-corrected chi connectivity index (χ0v) is 12.8. The number of aryl methyl sites for hydroxylation is 1. The third-order valence-corrected chi connectivity index (χ3v) is 3.75. The van der Waals surface area contributed by atoms with E-state index in [1.54, 1.807) is 12.1 Å². The van der Waals surface area contributed by atoms with Gasteiger partial charge in [0.1, 0.15) is 0 Å². The van der Waals surface area contributed by atoms with Crippen LogP contribution in [0.5, 0.6) is 0 Å². The zero-order valence-electron chi connectivity index (χ0n) is 11.3. The number of benzene rings is 2. The van der Waals surface area contributed by atoms with Crippen molar-refractivity contribution in [2.45, 2.75) is 19.9 Å². The normalized spacial score (nSPS) is 11.9. The molecule has 5 heteroatoms. The van der Waals surface area contributed by atoms with Gasteiger partial charge in [0, 0.05) is 16.2 Å². The molecule has 0 heterocycles. The molecule has 1 N–H and O–H groups in total. The average Bonchev–Trinajstić information content (AvgIpc) is 2.41. The second kappa shape index (κ2) is 6.05. The molecule has 2 rings (SSSR count). The lowest BCUT2D eigenvalue weighted by molar-refractivity contribution is -0.385. The smallest absolute Gasteiger partial charge is 0.274 e. The van der Waals surface area contributed by atoms with Crippen LogP contribution in [0.2, 0.25) is 0 Å². The maximum absolute atomic E-state index is 11.1. The van der Waals surface area contributed by atoms with Gasteiger partial charge in [-0.1, -0.05) is 24.3 Å². The van der Waals surface area contributed by atoms with Crippen molar-refractivity contribution in [3.63, 3.8) is 0 Å². The average molecular weight is 335 g/mol.